The fourth-order valence-corrected chi connectivity index (χ4v) is 3.08. The van der Waals surface area contributed by atoms with Gasteiger partial charge >= 0.3 is 6.03 Å². The molecule has 23 heavy (non-hydrogen) atoms. The number of unbranched alkanes of at least 4 members (excludes halogenated alkanes) is 1. The van der Waals surface area contributed by atoms with Crippen molar-refractivity contribution in [1.82, 2.24) is 9.80 Å². The molecule has 0 saturated carbocycles. The summed E-state index contributed by atoms with van der Waals surface area (Å²) in [6, 6.07) is 14.2. The molecule has 124 valence electrons. The number of piperazine rings is 1. The molecular formula is C19H27N3O. The number of benzene rings is 2. The van der Waals surface area contributed by atoms with Gasteiger partial charge in [-0.15, -0.1) is 0 Å². The second kappa shape index (κ2) is 7.47. The van der Waals surface area contributed by atoms with Crippen molar-refractivity contribution < 1.29 is 6.22 Å². The second-order valence-corrected chi connectivity index (χ2v) is 6.14. The van der Waals surface area contributed by atoms with Crippen LogP contribution in [0.15, 0.2) is 42.5 Å². The first-order valence-electron chi connectivity index (χ1n) is 8.54. The van der Waals surface area contributed by atoms with E-state index in [1.165, 1.54) is 12.8 Å². The van der Waals surface area contributed by atoms with Gasteiger partial charge in [0.05, 0.1) is 5.69 Å². The summed E-state index contributed by atoms with van der Waals surface area (Å²) in [7, 11) is 0. The Hall–Kier alpha value is -2.07. The molecule has 0 unspecified atom stereocenters. The monoisotopic (exact) mass is 313 g/mol. The first-order valence-corrected chi connectivity index (χ1v) is 8.54. The van der Waals surface area contributed by atoms with Gasteiger partial charge in [0.25, 0.3) is 0 Å². The molecule has 2 aromatic rings. The van der Waals surface area contributed by atoms with E-state index in [1.54, 1.807) is 0 Å². The molecule has 0 bridgehead atoms. The standard InChI is InChI=1S/C19H25N3O.H2/c1-2-3-11-21-12-14-22(15-13-21)19(23)20-18-10-6-8-16-7-4-5-9-17(16)18;/h4-10H,2-3,11-15H2,1H3,(H,20,23);1H. The number of rotatable bonds is 4. The van der Waals surface area contributed by atoms with E-state index in [4.69, 9.17) is 0 Å². The van der Waals surface area contributed by atoms with E-state index in [0.717, 1.165) is 49.2 Å². The Bertz CT molecular complexity index is 663. The number of fused-ring (bicyclic) bond motifs is 1. The zero-order chi connectivity index (χ0) is 16.1. The van der Waals surface area contributed by atoms with E-state index >= 15 is 0 Å². The van der Waals surface area contributed by atoms with Gasteiger partial charge in [-0.25, -0.2) is 4.79 Å². The number of hydrogen-bond acceptors (Lipinski definition) is 2. The number of nitrogens with zero attached hydrogens (tertiary/aromatic N) is 2. The summed E-state index contributed by atoms with van der Waals surface area (Å²) in [6.07, 6.45) is 2.46. The molecule has 1 heterocycles. The van der Waals surface area contributed by atoms with Crippen molar-refractivity contribution in [2.45, 2.75) is 19.8 Å². The van der Waals surface area contributed by atoms with Crippen LogP contribution >= 0.6 is 0 Å². The Morgan fingerprint density at radius 1 is 1.09 bits per heavy atom. The van der Waals surface area contributed by atoms with Gasteiger partial charge in [0.2, 0.25) is 0 Å². The average Bonchev–Trinajstić information content (AvgIpc) is 2.60. The van der Waals surface area contributed by atoms with Crippen LogP contribution < -0.4 is 5.32 Å². The molecule has 1 saturated heterocycles. The molecule has 1 fully saturated rings. The van der Waals surface area contributed by atoms with Gasteiger partial charge in [-0.05, 0) is 24.4 Å². The van der Waals surface area contributed by atoms with Gasteiger partial charge in [0, 0.05) is 33.0 Å². The highest BCUT2D eigenvalue weighted by molar-refractivity contribution is 6.01. The molecule has 0 aliphatic carbocycles. The number of carbonyl (C=O) groups is 1. The van der Waals surface area contributed by atoms with E-state index in [9.17, 15) is 4.79 Å². The van der Waals surface area contributed by atoms with Crippen LogP contribution in [0.2, 0.25) is 0 Å². The zero-order valence-electron chi connectivity index (χ0n) is 13.8. The molecule has 0 radical (unpaired) electrons. The van der Waals surface area contributed by atoms with Crippen molar-refractivity contribution in [2.24, 2.45) is 0 Å². The topological polar surface area (TPSA) is 35.6 Å². The molecule has 4 nitrogen and oxygen atoms in total. The Morgan fingerprint density at radius 3 is 2.61 bits per heavy atom. The Balaban J connectivity index is 0.00000208. The van der Waals surface area contributed by atoms with E-state index in [-0.39, 0.29) is 7.46 Å². The summed E-state index contributed by atoms with van der Waals surface area (Å²) in [4.78, 5) is 16.9. The first kappa shape index (κ1) is 15.8. The van der Waals surface area contributed by atoms with Gasteiger partial charge in [0.15, 0.2) is 0 Å². The van der Waals surface area contributed by atoms with Crippen molar-refractivity contribution >= 4 is 22.5 Å². The van der Waals surface area contributed by atoms with Crippen molar-refractivity contribution in [3.05, 3.63) is 42.5 Å². The molecule has 3 rings (SSSR count). The fourth-order valence-electron chi connectivity index (χ4n) is 3.08. The van der Waals surface area contributed by atoms with Crippen molar-refractivity contribution in [1.29, 1.82) is 0 Å². The molecule has 1 aliphatic heterocycles. The summed E-state index contributed by atoms with van der Waals surface area (Å²) in [5.41, 5.74) is 0.890. The van der Waals surface area contributed by atoms with E-state index in [2.05, 4.69) is 29.3 Å². The number of anilines is 1. The molecular weight excluding hydrogens is 286 g/mol. The molecule has 2 amide bonds. The van der Waals surface area contributed by atoms with Gasteiger partial charge < -0.3 is 10.2 Å². The number of nitrogens with one attached hydrogen (secondary N) is 1. The number of hydrogen-bond donors (Lipinski definition) is 1. The molecule has 0 aromatic heterocycles. The summed E-state index contributed by atoms with van der Waals surface area (Å²) >= 11 is 0. The van der Waals surface area contributed by atoms with Gasteiger partial charge in [-0.3, -0.25) is 4.90 Å². The molecule has 2 aromatic carbocycles. The molecule has 4 heteroatoms. The van der Waals surface area contributed by atoms with E-state index in [1.807, 2.05) is 35.2 Å². The molecule has 0 atom stereocenters. The third-order valence-corrected chi connectivity index (χ3v) is 4.52. The minimum Gasteiger partial charge on any atom is -0.322 e. The normalized spacial score (nSPS) is 15.8. The van der Waals surface area contributed by atoms with Crippen LogP contribution in [-0.2, 0) is 0 Å². The summed E-state index contributed by atoms with van der Waals surface area (Å²) in [5.74, 6) is 0. The predicted octanol–water partition coefficient (Wildman–Crippen LogP) is 4.04. The molecule has 1 aliphatic rings. The highest BCUT2D eigenvalue weighted by atomic mass is 16.2. The van der Waals surface area contributed by atoms with Crippen molar-refractivity contribution in [3.63, 3.8) is 0 Å². The van der Waals surface area contributed by atoms with Crippen LogP contribution in [0.4, 0.5) is 10.5 Å². The van der Waals surface area contributed by atoms with Crippen molar-refractivity contribution in [3.8, 4) is 0 Å². The number of amides is 2. The number of carbonyl (C=O) groups excluding carboxylic acids is 1. The predicted molar refractivity (Wildman–Crippen MR) is 98.0 cm³/mol. The van der Waals surface area contributed by atoms with Gasteiger partial charge in [-0.2, -0.15) is 0 Å². The SMILES string of the molecule is CCCCN1CCN(C(=O)Nc2cccc3ccccc23)CC1.[HH]. The fraction of sp³-hybridized carbons (Fsp3) is 0.421. The lowest BCUT2D eigenvalue weighted by Crippen LogP contribution is -2.50. The van der Waals surface area contributed by atoms with Crippen LogP contribution in [0.5, 0.6) is 0 Å². The zero-order valence-corrected chi connectivity index (χ0v) is 13.8. The maximum Gasteiger partial charge on any atom is 0.321 e. The first-order chi connectivity index (χ1) is 11.3. The minimum atomic E-state index is 0. The Labute approximate surface area is 139 Å². The largest absolute Gasteiger partial charge is 0.322 e. The second-order valence-electron chi connectivity index (χ2n) is 6.14. The lowest BCUT2D eigenvalue weighted by atomic mass is 10.1. The highest BCUT2D eigenvalue weighted by Gasteiger charge is 2.20. The maximum atomic E-state index is 12.5. The quantitative estimate of drug-likeness (QED) is 0.925. The van der Waals surface area contributed by atoms with E-state index in [0.29, 0.717) is 0 Å². The summed E-state index contributed by atoms with van der Waals surface area (Å²) in [6.45, 7) is 6.93. The van der Waals surface area contributed by atoms with Crippen LogP contribution in [-0.4, -0.2) is 48.6 Å². The van der Waals surface area contributed by atoms with Crippen LogP contribution in [0.3, 0.4) is 0 Å². The summed E-state index contributed by atoms with van der Waals surface area (Å²) < 4.78 is 0. The molecule has 1 N–H and O–H groups in total. The Morgan fingerprint density at radius 2 is 1.83 bits per heavy atom. The third kappa shape index (κ3) is 3.82. The lowest BCUT2D eigenvalue weighted by molar-refractivity contribution is 0.146. The van der Waals surface area contributed by atoms with Gasteiger partial charge in [-0.1, -0.05) is 49.7 Å². The smallest absolute Gasteiger partial charge is 0.321 e. The number of urea groups is 1. The highest BCUT2D eigenvalue weighted by Crippen LogP contribution is 2.23. The van der Waals surface area contributed by atoms with Gasteiger partial charge in [0.1, 0.15) is 0 Å². The molecule has 0 spiro atoms. The van der Waals surface area contributed by atoms with Crippen LogP contribution in [0.1, 0.15) is 21.2 Å². The van der Waals surface area contributed by atoms with Crippen LogP contribution in [0, 0.1) is 0 Å². The van der Waals surface area contributed by atoms with E-state index < -0.39 is 0 Å². The summed E-state index contributed by atoms with van der Waals surface area (Å²) in [5, 5.41) is 5.32. The lowest BCUT2D eigenvalue weighted by Gasteiger charge is -2.34. The maximum absolute atomic E-state index is 12.5. The minimum absolute atomic E-state index is 0. The van der Waals surface area contributed by atoms with Crippen molar-refractivity contribution in [2.75, 3.05) is 38.0 Å². The Kier molecular flexibility index (Phi) is 5.13. The average molecular weight is 313 g/mol. The van der Waals surface area contributed by atoms with Crippen LogP contribution in [0.25, 0.3) is 10.8 Å². The third-order valence-electron chi connectivity index (χ3n) is 4.52.